The van der Waals surface area contributed by atoms with Crippen LogP contribution in [0.3, 0.4) is 0 Å². The zero-order valence-corrected chi connectivity index (χ0v) is 39.8. The number of fused-ring (bicyclic) bond motifs is 1. The van der Waals surface area contributed by atoms with Crippen LogP contribution in [0.15, 0.2) is 64.1 Å². The number of methoxy groups -OCH3 is 1. The van der Waals surface area contributed by atoms with Gasteiger partial charge in [0.1, 0.15) is 0 Å². The van der Waals surface area contributed by atoms with Crippen molar-refractivity contribution in [1.29, 1.82) is 0 Å². The second-order valence-electron chi connectivity index (χ2n) is 26.7. The minimum atomic E-state index is 0.443. The Labute approximate surface area is 391 Å². The predicted molar refractivity (Wildman–Crippen MR) is 252 cm³/mol. The molecule has 6 heteroatoms. The molecular formula is C58H63NO2S3. The van der Waals surface area contributed by atoms with E-state index in [0.717, 1.165) is 156 Å². The van der Waals surface area contributed by atoms with E-state index >= 15 is 0 Å². The van der Waals surface area contributed by atoms with Gasteiger partial charge in [0, 0.05) is 56.4 Å². The summed E-state index contributed by atoms with van der Waals surface area (Å²) in [7, 11) is 1.83. The molecule has 4 heterocycles. The fraction of sp³-hybridized carbons (Fsp3) is 0.724. The number of hydrogen-bond donors (Lipinski definition) is 0. The van der Waals surface area contributed by atoms with Crippen molar-refractivity contribution in [2.45, 2.75) is 57.4 Å². The first-order valence-corrected chi connectivity index (χ1v) is 29.7. The van der Waals surface area contributed by atoms with Crippen molar-refractivity contribution in [2.24, 2.45) is 159 Å². The lowest BCUT2D eigenvalue weighted by Gasteiger charge is -2.62. The van der Waals surface area contributed by atoms with Crippen LogP contribution in [-0.4, -0.2) is 44.9 Å². The summed E-state index contributed by atoms with van der Waals surface area (Å²) in [5.41, 5.74) is 9.11. The van der Waals surface area contributed by atoms with Crippen LogP contribution >= 0.6 is 34.0 Å². The van der Waals surface area contributed by atoms with Crippen molar-refractivity contribution in [3.05, 3.63) is 68.9 Å². The number of nitrogens with zero attached hydrogens (tertiary/aromatic N) is 1. The predicted octanol–water partition coefficient (Wildman–Crippen LogP) is 12.2. The van der Waals surface area contributed by atoms with Crippen LogP contribution in [-0.2, 0) is 9.47 Å². The van der Waals surface area contributed by atoms with Crippen molar-refractivity contribution in [1.82, 2.24) is 4.90 Å². The third-order valence-corrected chi connectivity index (χ3v) is 29.8. The molecule has 3 nitrogen and oxygen atoms in total. The Morgan fingerprint density at radius 1 is 0.609 bits per heavy atom. The quantitative estimate of drug-likeness (QED) is 0.158. The van der Waals surface area contributed by atoms with Gasteiger partial charge in [0.05, 0.1) is 25.9 Å². The SMILES string of the molecule is COCCOCCN1CC23CC4CC5CC6CC7CC8CC9CC%10=C%11C%12C(=C(C%10)C2C1c1ccc(-c2ccc(-c%10cccs%10)s2)s1)C1C2C%12C%10C(C%119)C8C8C7C6C6C5C(C2C6C8%10)C4C13. The lowest BCUT2D eigenvalue weighted by molar-refractivity contribution is -0.146. The highest BCUT2D eigenvalue weighted by atomic mass is 32.1. The van der Waals surface area contributed by atoms with Gasteiger partial charge in [-0.3, -0.25) is 4.90 Å². The Balaban J connectivity index is 0.814. The van der Waals surface area contributed by atoms with Gasteiger partial charge in [-0.05, 0) is 235 Å². The van der Waals surface area contributed by atoms with Crippen molar-refractivity contribution in [2.75, 3.05) is 40.0 Å². The zero-order chi connectivity index (χ0) is 40.5. The average molecular weight is 902 g/mol. The summed E-state index contributed by atoms with van der Waals surface area (Å²) in [6, 6.07) is 15.1. The van der Waals surface area contributed by atoms with E-state index in [1.54, 1.807) is 43.4 Å². The molecule has 64 heavy (non-hydrogen) atoms. The molecule has 1 aliphatic heterocycles. The summed E-state index contributed by atoms with van der Waals surface area (Å²) < 4.78 is 12.0. The Morgan fingerprint density at radius 2 is 1.27 bits per heavy atom. The van der Waals surface area contributed by atoms with Gasteiger partial charge >= 0.3 is 0 Å². The highest BCUT2D eigenvalue weighted by molar-refractivity contribution is 7.26. The molecule has 0 aromatic carbocycles. The first kappa shape index (κ1) is 35.6. The minimum Gasteiger partial charge on any atom is -0.382 e. The van der Waals surface area contributed by atoms with E-state index in [1.807, 2.05) is 29.8 Å². The topological polar surface area (TPSA) is 21.7 Å². The second kappa shape index (κ2) is 11.4. The molecule has 13 saturated carbocycles. The van der Waals surface area contributed by atoms with Crippen LogP contribution in [0.4, 0.5) is 0 Å². The molecular weight excluding hydrogens is 839 g/mol. The molecule has 0 N–H and O–H groups in total. The number of likely N-dealkylation sites (tertiary alicyclic amines) is 1. The van der Waals surface area contributed by atoms with Crippen molar-refractivity contribution in [3.8, 4) is 19.5 Å². The maximum Gasteiger partial charge on any atom is 0.0700 e. The molecule has 1 saturated heterocycles. The molecule has 0 amide bonds. The fourth-order valence-corrected chi connectivity index (χ4v) is 30.3. The lowest BCUT2D eigenvalue weighted by Crippen LogP contribution is -2.59. The maximum absolute atomic E-state index is 6.48. The molecule has 1 spiro atoms. The van der Waals surface area contributed by atoms with Crippen molar-refractivity contribution >= 4 is 34.0 Å². The molecule has 17 aliphatic rings. The smallest absolute Gasteiger partial charge is 0.0700 e. The van der Waals surface area contributed by atoms with Gasteiger partial charge in [0.25, 0.3) is 0 Å². The summed E-state index contributed by atoms with van der Waals surface area (Å²) in [5.74, 6) is 27.8. The van der Waals surface area contributed by atoms with Crippen LogP contribution in [0.5, 0.6) is 0 Å². The zero-order valence-electron chi connectivity index (χ0n) is 37.3. The van der Waals surface area contributed by atoms with Gasteiger partial charge in [0.15, 0.2) is 0 Å². The van der Waals surface area contributed by atoms with Crippen LogP contribution in [0.1, 0.15) is 62.3 Å². The molecule has 20 rings (SSSR count). The number of ether oxygens (including phenoxy) is 2. The van der Waals surface area contributed by atoms with Gasteiger partial charge in [0.2, 0.25) is 0 Å². The lowest BCUT2D eigenvalue weighted by atomic mass is 9.42. The fourth-order valence-electron chi connectivity index (χ4n) is 27.2. The summed E-state index contributed by atoms with van der Waals surface area (Å²) in [6.07, 6.45) is 12.8. The summed E-state index contributed by atoms with van der Waals surface area (Å²) in [6.45, 7) is 4.69. The van der Waals surface area contributed by atoms with Crippen LogP contribution in [0.25, 0.3) is 19.5 Å². The van der Waals surface area contributed by atoms with E-state index in [-0.39, 0.29) is 0 Å². The second-order valence-corrected chi connectivity index (χ2v) is 29.8. The third kappa shape index (κ3) is 3.58. The molecule has 28 atom stereocenters. The average Bonchev–Trinajstić information content (AvgIpc) is 4.14. The molecule has 330 valence electrons. The molecule has 14 fully saturated rings. The van der Waals surface area contributed by atoms with Gasteiger partial charge in [-0.1, -0.05) is 28.4 Å². The Bertz CT molecular complexity index is 2690. The minimum absolute atomic E-state index is 0.443. The Morgan fingerprint density at radius 3 is 2.06 bits per heavy atom. The van der Waals surface area contributed by atoms with Crippen LogP contribution < -0.4 is 0 Å². The molecule has 0 radical (unpaired) electrons. The van der Waals surface area contributed by atoms with E-state index in [4.69, 9.17) is 9.47 Å². The third-order valence-electron chi connectivity index (χ3n) is 26.3. The molecule has 0 bridgehead atoms. The molecule has 28 unspecified atom stereocenters. The van der Waals surface area contributed by atoms with Crippen LogP contribution in [0.2, 0.25) is 0 Å². The molecule has 3 aromatic heterocycles. The Kier molecular flexibility index (Phi) is 6.33. The van der Waals surface area contributed by atoms with E-state index in [2.05, 4.69) is 80.3 Å². The highest BCUT2D eigenvalue weighted by Crippen LogP contribution is 2.93. The number of thiophene rings is 3. The summed E-state index contributed by atoms with van der Waals surface area (Å²) >= 11 is 6.10. The van der Waals surface area contributed by atoms with Gasteiger partial charge in [-0.2, -0.15) is 0 Å². The van der Waals surface area contributed by atoms with Crippen LogP contribution in [0, 0.1) is 159 Å². The molecule has 3 aromatic rings. The van der Waals surface area contributed by atoms with E-state index in [1.165, 1.54) is 50.7 Å². The monoisotopic (exact) mass is 901 g/mol. The maximum atomic E-state index is 6.48. The number of allylic oxidation sites excluding steroid dienone is 3. The van der Waals surface area contributed by atoms with Crippen molar-refractivity contribution < 1.29 is 9.47 Å². The number of hydrogen-bond acceptors (Lipinski definition) is 6. The number of rotatable bonds is 9. The summed E-state index contributed by atoms with van der Waals surface area (Å²) in [4.78, 5) is 10.6. The standard InChI is InChI=1S/C58H63NO2S3/c1-60-10-11-61-9-8-59-21-58-20-28-18-26-16-23-13-22-14-25-15-24-17-27-19-29(55(58)57(59)34-7-6-33(64-34)32-5-4-31(63-32)30-3-2-12-62-30)42-47-38(27)37(24)44-39(25)43-35(22)36(23)45-40(26)46-41(28)56(58)54(42)53-51(46)49(45)48(43)50(44)52(47)53/h2-7,12,22-26,28,35-37,39-41,43-57H,8-11,13-21H2,1H3. The normalized spacial score (nSPS) is 58.9. The van der Waals surface area contributed by atoms with Gasteiger partial charge in [-0.25, -0.2) is 0 Å². The van der Waals surface area contributed by atoms with E-state index in [0.29, 0.717) is 24.0 Å². The van der Waals surface area contributed by atoms with Crippen molar-refractivity contribution in [3.63, 3.8) is 0 Å². The first-order valence-electron chi connectivity index (χ1n) is 27.2. The highest BCUT2D eigenvalue weighted by Gasteiger charge is 2.88. The van der Waals surface area contributed by atoms with Gasteiger partial charge in [-0.15, -0.1) is 34.0 Å². The van der Waals surface area contributed by atoms with E-state index in [9.17, 15) is 0 Å². The Hall–Kier alpha value is -1.54. The molecule has 16 aliphatic carbocycles. The van der Waals surface area contributed by atoms with E-state index < -0.39 is 0 Å². The first-order chi connectivity index (χ1) is 31.7. The largest absolute Gasteiger partial charge is 0.382 e. The summed E-state index contributed by atoms with van der Waals surface area (Å²) in [5, 5.41) is 2.24. The van der Waals surface area contributed by atoms with Gasteiger partial charge < -0.3 is 9.47 Å².